The summed E-state index contributed by atoms with van der Waals surface area (Å²) >= 11 is 0. The Morgan fingerprint density at radius 2 is 2.09 bits per heavy atom. The van der Waals surface area contributed by atoms with E-state index < -0.39 is 11.0 Å². The molecule has 2 aliphatic rings. The number of benzene rings is 1. The number of para-hydroxylation sites is 1. The van der Waals surface area contributed by atoms with Gasteiger partial charge < -0.3 is 0 Å². The second kappa shape index (κ2) is 6.28. The molecule has 1 atom stereocenters. The first-order chi connectivity index (χ1) is 11.3. The van der Waals surface area contributed by atoms with Gasteiger partial charge in [-0.05, 0) is 55.4 Å². The van der Waals surface area contributed by atoms with Gasteiger partial charge in [0.2, 0.25) is 0 Å². The number of aromatic nitrogens is 1. The Morgan fingerprint density at radius 1 is 1.22 bits per heavy atom. The molecule has 4 rings (SSSR count). The van der Waals surface area contributed by atoms with E-state index in [4.69, 9.17) is 4.98 Å². The van der Waals surface area contributed by atoms with E-state index in [1.165, 1.54) is 24.8 Å². The van der Waals surface area contributed by atoms with Crippen LogP contribution in [0.2, 0.25) is 0 Å². The minimum Gasteiger partial charge on any atom is -0.285 e. The van der Waals surface area contributed by atoms with Crippen molar-refractivity contribution in [2.24, 2.45) is 0 Å². The maximum absolute atomic E-state index is 12.6. The molecule has 1 aromatic heterocycles. The molecular formula is C19H20N2OS. The summed E-state index contributed by atoms with van der Waals surface area (Å²) in [4.78, 5) is 5.71. The Morgan fingerprint density at radius 3 is 2.83 bits per heavy atom. The summed E-state index contributed by atoms with van der Waals surface area (Å²) in [6.45, 7) is 0. The lowest BCUT2D eigenvalue weighted by atomic mass is 9.80. The van der Waals surface area contributed by atoms with Gasteiger partial charge in [0.15, 0.2) is 0 Å². The summed E-state index contributed by atoms with van der Waals surface area (Å²) in [5.74, 6) is 1.34. The molecule has 0 aliphatic heterocycles. The van der Waals surface area contributed by atoms with Crippen LogP contribution in [0.3, 0.4) is 0 Å². The smallest absolute Gasteiger partial charge is 0.147 e. The van der Waals surface area contributed by atoms with Crippen molar-refractivity contribution in [3.63, 3.8) is 0 Å². The number of hydrogen-bond acceptors (Lipinski definition) is 2. The topological polar surface area (TPSA) is 42.0 Å². The highest BCUT2D eigenvalue weighted by atomic mass is 32.2. The van der Waals surface area contributed by atoms with Gasteiger partial charge in [-0.25, -0.2) is 9.19 Å². The van der Waals surface area contributed by atoms with Crippen LogP contribution in [0.15, 0.2) is 53.5 Å². The van der Waals surface area contributed by atoms with Crippen LogP contribution in [0.5, 0.6) is 0 Å². The van der Waals surface area contributed by atoms with Crippen molar-refractivity contribution >= 4 is 27.7 Å². The Labute approximate surface area is 139 Å². The van der Waals surface area contributed by atoms with Gasteiger partial charge >= 0.3 is 0 Å². The molecule has 0 saturated heterocycles. The number of allylic oxidation sites excluding steroid dienone is 4. The van der Waals surface area contributed by atoms with Crippen LogP contribution in [-0.2, 0) is 11.0 Å². The molecule has 0 amide bonds. The average Bonchev–Trinajstić information content (AvgIpc) is 2.54. The van der Waals surface area contributed by atoms with Crippen molar-refractivity contribution in [1.29, 1.82) is 0 Å². The molecule has 118 valence electrons. The summed E-state index contributed by atoms with van der Waals surface area (Å²) in [7, 11) is -1.21. The van der Waals surface area contributed by atoms with Gasteiger partial charge in [-0.2, -0.15) is 0 Å². The van der Waals surface area contributed by atoms with Gasteiger partial charge in [0.05, 0.1) is 5.52 Å². The molecule has 0 spiro atoms. The van der Waals surface area contributed by atoms with E-state index >= 15 is 0 Å². The zero-order valence-electron chi connectivity index (χ0n) is 13.0. The Hall–Kier alpha value is -1.94. The number of nitrogens with one attached hydrogen (secondary N) is 1. The fourth-order valence-electron chi connectivity index (χ4n) is 3.13. The minimum atomic E-state index is -1.21. The lowest BCUT2D eigenvalue weighted by Crippen LogP contribution is -2.16. The molecule has 2 aromatic rings. The molecule has 23 heavy (non-hydrogen) atoms. The normalized spacial score (nSPS) is 19.2. The summed E-state index contributed by atoms with van der Waals surface area (Å²) in [5.41, 5.74) is 2.17. The van der Waals surface area contributed by atoms with Crippen molar-refractivity contribution in [3.05, 3.63) is 59.0 Å². The van der Waals surface area contributed by atoms with E-state index in [2.05, 4.69) is 22.9 Å². The van der Waals surface area contributed by atoms with Crippen molar-refractivity contribution in [2.75, 3.05) is 4.72 Å². The van der Waals surface area contributed by atoms with E-state index in [9.17, 15) is 4.21 Å². The monoisotopic (exact) mass is 324 g/mol. The van der Waals surface area contributed by atoms with Crippen LogP contribution in [0.4, 0.5) is 5.82 Å². The number of fused-ring (bicyclic) bond motifs is 1. The number of anilines is 1. The fourth-order valence-corrected chi connectivity index (χ4v) is 4.11. The zero-order valence-corrected chi connectivity index (χ0v) is 13.8. The lowest BCUT2D eigenvalue weighted by molar-refractivity contribution is 0.420. The third-order valence-corrected chi connectivity index (χ3v) is 5.90. The van der Waals surface area contributed by atoms with Gasteiger partial charge in [-0.15, -0.1) is 0 Å². The van der Waals surface area contributed by atoms with E-state index in [1.54, 1.807) is 0 Å². The molecular weight excluding hydrogens is 304 g/mol. The molecule has 0 bridgehead atoms. The van der Waals surface area contributed by atoms with Crippen LogP contribution >= 0.6 is 0 Å². The third-order valence-electron chi connectivity index (χ3n) is 4.70. The highest BCUT2D eigenvalue weighted by Gasteiger charge is 2.24. The van der Waals surface area contributed by atoms with Gasteiger partial charge in [-0.1, -0.05) is 36.8 Å². The Bertz CT molecular complexity index is 821. The van der Waals surface area contributed by atoms with Crippen LogP contribution in [-0.4, -0.2) is 9.19 Å². The van der Waals surface area contributed by atoms with Gasteiger partial charge in [0, 0.05) is 10.3 Å². The zero-order chi connectivity index (χ0) is 15.6. The Balaban J connectivity index is 1.70. The van der Waals surface area contributed by atoms with Crippen molar-refractivity contribution in [3.8, 4) is 0 Å². The second-order valence-corrected chi connectivity index (χ2v) is 7.48. The predicted octanol–water partition coefficient (Wildman–Crippen LogP) is 4.81. The summed E-state index contributed by atoms with van der Waals surface area (Å²) in [6, 6.07) is 10.4. The number of rotatable bonds is 4. The molecule has 1 N–H and O–H groups in total. The fraction of sp³-hybridized carbons (Fsp3) is 0.316. The van der Waals surface area contributed by atoms with Gasteiger partial charge in [0.1, 0.15) is 16.8 Å². The number of pyridine rings is 1. The van der Waals surface area contributed by atoms with Gasteiger partial charge in [-0.3, -0.25) is 4.72 Å². The van der Waals surface area contributed by atoms with Gasteiger partial charge in [0.25, 0.3) is 0 Å². The third kappa shape index (κ3) is 2.95. The lowest BCUT2D eigenvalue weighted by Gasteiger charge is -2.28. The largest absolute Gasteiger partial charge is 0.285 e. The molecule has 4 heteroatoms. The summed E-state index contributed by atoms with van der Waals surface area (Å²) in [6.07, 6.45) is 11.5. The molecule has 3 nitrogen and oxygen atoms in total. The summed E-state index contributed by atoms with van der Waals surface area (Å²) in [5, 5.41) is 1.16. The summed E-state index contributed by atoms with van der Waals surface area (Å²) < 4.78 is 15.8. The van der Waals surface area contributed by atoms with E-state index in [0.717, 1.165) is 34.5 Å². The highest BCUT2D eigenvalue weighted by molar-refractivity contribution is 7.90. The Kier molecular flexibility index (Phi) is 4.00. The maximum Gasteiger partial charge on any atom is 0.147 e. The molecule has 2 aliphatic carbocycles. The molecule has 1 aromatic carbocycles. The van der Waals surface area contributed by atoms with Crippen molar-refractivity contribution < 1.29 is 4.21 Å². The van der Waals surface area contributed by atoms with Crippen molar-refractivity contribution in [1.82, 2.24) is 4.98 Å². The van der Waals surface area contributed by atoms with E-state index in [0.29, 0.717) is 5.92 Å². The highest BCUT2D eigenvalue weighted by Crippen LogP contribution is 2.40. The molecule has 1 fully saturated rings. The van der Waals surface area contributed by atoms with E-state index in [-0.39, 0.29) is 0 Å². The van der Waals surface area contributed by atoms with Crippen LogP contribution < -0.4 is 4.72 Å². The van der Waals surface area contributed by atoms with Crippen LogP contribution in [0.25, 0.3) is 10.9 Å². The molecule has 0 radical (unpaired) electrons. The maximum atomic E-state index is 12.6. The molecule has 1 saturated carbocycles. The van der Waals surface area contributed by atoms with Crippen LogP contribution in [0, 0.1) is 0 Å². The average molecular weight is 324 g/mol. The first-order valence-electron chi connectivity index (χ1n) is 8.25. The predicted molar refractivity (Wildman–Crippen MR) is 96.6 cm³/mol. The second-order valence-electron chi connectivity index (χ2n) is 6.22. The SMILES string of the molecule is O=S(Nc1nc2ccccc2cc1C1CCC1)C1=CC=CCC1. The standard InChI is InChI=1S/C19H20N2OS/c22-23(16-10-2-1-3-11-16)21-19-17(14-8-6-9-14)13-15-7-4-5-12-18(15)20-19/h1-2,4-5,7,10,12-14H,3,6,8-9,11H2,(H,20,21). The quantitative estimate of drug-likeness (QED) is 0.876. The van der Waals surface area contributed by atoms with Crippen molar-refractivity contribution in [2.45, 2.75) is 38.0 Å². The van der Waals surface area contributed by atoms with Crippen LogP contribution in [0.1, 0.15) is 43.6 Å². The number of nitrogens with zero attached hydrogens (tertiary/aromatic N) is 1. The molecule has 1 unspecified atom stereocenters. The van der Waals surface area contributed by atoms with E-state index in [1.807, 2.05) is 30.4 Å². The first-order valence-corrected chi connectivity index (χ1v) is 9.40. The first kappa shape index (κ1) is 14.6. The molecule has 1 heterocycles. The number of hydrogen-bond donors (Lipinski definition) is 1. The minimum absolute atomic E-state index is 0.548.